The fraction of sp³-hybridized carbons (Fsp3) is 0.300. The van der Waals surface area contributed by atoms with Gasteiger partial charge >= 0.3 is 0 Å². The van der Waals surface area contributed by atoms with Crippen molar-refractivity contribution in [2.75, 3.05) is 13.7 Å². The second-order valence-electron chi connectivity index (χ2n) is 6.71. The van der Waals surface area contributed by atoms with E-state index < -0.39 is 11.3 Å². The molecule has 0 saturated carbocycles. The van der Waals surface area contributed by atoms with Crippen LogP contribution in [0, 0.1) is 5.41 Å². The maximum atomic E-state index is 12.3. The highest BCUT2D eigenvalue weighted by Crippen LogP contribution is 2.29. The molecule has 0 aliphatic rings. The van der Waals surface area contributed by atoms with E-state index in [1.165, 1.54) is 7.11 Å². The van der Waals surface area contributed by atoms with Crippen LogP contribution in [0.15, 0.2) is 42.5 Å². The number of hydrogen-bond acceptors (Lipinski definition) is 4. The zero-order valence-electron chi connectivity index (χ0n) is 15.5. The number of methoxy groups -OCH3 is 1. The molecule has 0 spiro atoms. The Morgan fingerprint density at radius 2 is 1.78 bits per heavy atom. The molecule has 6 nitrogen and oxygen atoms in total. The molecule has 3 N–H and O–H groups in total. The molecule has 0 radical (unpaired) electrons. The van der Waals surface area contributed by atoms with E-state index in [9.17, 15) is 9.59 Å². The van der Waals surface area contributed by atoms with Crippen LogP contribution in [-0.4, -0.2) is 25.5 Å². The Morgan fingerprint density at radius 3 is 2.37 bits per heavy atom. The smallest absolute Gasteiger partial charge is 0.251 e. The predicted molar refractivity (Wildman–Crippen MR) is 104 cm³/mol. The molecule has 0 unspecified atom stereocenters. The van der Waals surface area contributed by atoms with Crippen molar-refractivity contribution >= 4 is 23.4 Å². The van der Waals surface area contributed by atoms with E-state index in [0.29, 0.717) is 28.7 Å². The van der Waals surface area contributed by atoms with Gasteiger partial charge in [0.05, 0.1) is 12.5 Å². The number of nitrogens with two attached hydrogens (primary N) is 1. The molecule has 2 amide bonds. The van der Waals surface area contributed by atoms with Crippen LogP contribution in [0.1, 0.15) is 29.8 Å². The SMILES string of the molecule is COc1cc(C(=O)NCC(C)(C)C(N)=O)ccc1OCc1ccc(Cl)cc1. The molecule has 2 aromatic rings. The lowest BCUT2D eigenvalue weighted by Crippen LogP contribution is -2.42. The lowest BCUT2D eigenvalue weighted by molar-refractivity contribution is -0.125. The zero-order valence-corrected chi connectivity index (χ0v) is 16.3. The van der Waals surface area contributed by atoms with Crippen LogP contribution in [0.5, 0.6) is 11.5 Å². The van der Waals surface area contributed by atoms with Crippen LogP contribution >= 0.6 is 11.6 Å². The topological polar surface area (TPSA) is 90.6 Å². The Hall–Kier alpha value is -2.73. The van der Waals surface area contributed by atoms with Crippen LogP contribution in [-0.2, 0) is 11.4 Å². The number of halogens is 1. The lowest BCUT2D eigenvalue weighted by atomic mass is 9.92. The Bertz CT molecular complexity index is 819. The van der Waals surface area contributed by atoms with E-state index in [-0.39, 0.29) is 12.5 Å². The highest BCUT2D eigenvalue weighted by atomic mass is 35.5. The van der Waals surface area contributed by atoms with E-state index in [1.807, 2.05) is 12.1 Å². The first-order valence-corrected chi connectivity index (χ1v) is 8.74. The summed E-state index contributed by atoms with van der Waals surface area (Å²) in [5.41, 5.74) is 5.83. The molecular formula is C20H23ClN2O4. The maximum absolute atomic E-state index is 12.3. The highest BCUT2D eigenvalue weighted by Gasteiger charge is 2.25. The first-order chi connectivity index (χ1) is 12.7. The number of carbonyl (C=O) groups excluding carboxylic acids is 2. The molecule has 0 saturated heterocycles. The van der Waals surface area contributed by atoms with E-state index in [0.717, 1.165) is 5.56 Å². The lowest BCUT2D eigenvalue weighted by Gasteiger charge is -2.20. The standard InChI is InChI=1S/C20H23ClN2O4/c1-20(2,19(22)25)12-23-18(24)14-6-9-16(17(10-14)26-3)27-11-13-4-7-15(21)8-5-13/h4-10H,11-12H2,1-3H3,(H2,22,25)(H,23,24). The highest BCUT2D eigenvalue weighted by molar-refractivity contribution is 6.30. The monoisotopic (exact) mass is 390 g/mol. The Morgan fingerprint density at radius 1 is 1.11 bits per heavy atom. The van der Waals surface area contributed by atoms with Gasteiger partial charge in [-0.15, -0.1) is 0 Å². The van der Waals surface area contributed by atoms with Crippen LogP contribution < -0.4 is 20.5 Å². The van der Waals surface area contributed by atoms with Crippen molar-refractivity contribution < 1.29 is 19.1 Å². The minimum atomic E-state index is -0.832. The number of nitrogens with one attached hydrogen (secondary N) is 1. The largest absolute Gasteiger partial charge is 0.493 e. The van der Waals surface area contributed by atoms with Crippen molar-refractivity contribution in [3.8, 4) is 11.5 Å². The molecule has 144 valence electrons. The van der Waals surface area contributed by atoms with Crippen molar-refractivity contribution in [1.82, 2.24) is 5.32 Å². The maximum Gasteiger partial charge on any atom is 0.251 e. The molecule has 0 aromatic heterocycles. The summed E-state index contributed by atoms with van der Waals surface area (Å²) in [5, 5.41) is 3.36. The van der Waals surface area contributed by atoms with E-state index in [2.05, 4.69) is 5.32 Å². The first kappa shape index (κ1) is 20.6. The summed E-state index contributed by atoms with van der Waals surface area (Å²) < 4.78 is 11.1. The van der Waals surface area contributed by atoms with E-state index in [1.54, 1.807) is 44.2 Å². The van der Waals surface area contributed by atoms with E-state index in [4.69, 9.17) is 26.8 Å². The molecular weight excluding hydrogens is 368 g/mol. The zero-order chi connectivity index (χ0) is 20.0. The number of primary amides is 1. The fourth-order valence-corrected chi connectivity index (χ4v) is 2.29. The summed E-state index contributed by atoms with van der Waals surface area (Å²) in [6.45, 7) is 3.82. The van der Waals surface area contributed by atoms with Crippen molar-refractivity contribution in [3.63, 3.8) is 0 Å². The third-order valence-corrected chi connectivity index (χ3v) is 4.34. The first-order valence-electron chi connectivity index (χ1n) is 8.36. The normalized spacial score (nSPS) is 11.0. The van der Waals surface area contributed by atoms with Crippen LogP contribution in [0.25, 0.3) is 0 Å². The average molecular weight is 391 g/mol. The van der Waals surface area contributed by atoms with Crippen molar-refractivity contribution in [2.24, 2.45) is 11.1 Å². The minimum absolute atomic E-state index is 0.137. The number of ether oxygens (including phenoxy) is 2. The summed E-state index contributed by atoms with van der Waals surface area (Å²) >= 11 is 5.87. The second kappa shape index (κ2) is 8.77. The van der Waals surface area contributed by atoms with Gasteiger partial charge < -0.3 is 20.5 Å². The molecule has 7 heteroatoms. The fourth-order valence-electron chi connectivity index (χ4n) is 2.16. The van der Waals surface area contributed by atoms with Gasteiger partial charge in [0.25, 0.3) is 5.91 Å². The quantitative estimate of drug-likeness (QED) is 0.724. The molecule has 2 aromatic carbocycles. The summed E-state index contributed by atoms with van der Waals surface area (Å²) in [6.07, 6.45) is 0. The summed E-state index contributed by atoms with van der Waals surface area (Å²) in [4.78, 5) is 23.7. The molecule has 2 rings (SSSR count). The van der Waals surface area contributed by atoms with Crippen LogP contribution in [0.3, 0.4) is 0 Å². The molecule has 0 fully saturated rings. The predicted octanol–water partition coefficient (Wildman–Crippen LogP) is 3.17. The van der Waals surface area contributed by atoms with Crippen LogP contribution in [0.4, 0.5) is 0 Å². The molecule has 0 heterocycles. The number of amides is 2. The minimum Gasteiger partial charge on any atom is -0.493 e. The van der Waals surface area contributed by atoms with Crippen molar-refractivity contribution in [3.05, 3.63) is 58.6 Å². The van der Waals surface area contributed by atoms with E-state index >= 15 is 0 Å². The Kier molecular flexibility index (Phi) is 6.69. The van der Waals surface area contributed by atoms with Gasteiger partial charge in [-0.05, 0) is 49.7 Å². The van der Waals surface area contributed by atoms with Gasteiger partial charge in [0.2, 0.25) is 5.91 Å². The van der Waals surface area contributed by atoms with Gasteiger partial charge in [-0.1, -0.05) is 23.7 Å². The van der Waals surface area contributed by atoms with Gasteiger partial charge in [0.1, 0.15) is 6.61 Å². The number of hydrogen-bond donors (Lipinski definition) is 2. The van der Waals surface area contributed by atoms with Gasteiger partial charge in [0, 0.05) is 17.1 Å². The summed E-state index contributed by atoms with van der Waals surface area (Å²) in [6, 6.07) is 12.2. The summed E-state index contributed by atoms with van der Waals surface area (Å²) in [5.74, 6) is 0.144. The third-order valence-electron chi connectivity index (χ3n) is 4.09. The number of rotatable bonds is 8. The van der Waals surface area contributed by atoms with Crippen LogP contribution in [0.2, 0.25) is 5.02 Å². The van der Waals surface area contributed by atoms with Gasteiger partial charge in [-0.2, -0.15) is 0 Å². The average Bonchev–Trinajstić information content (AvgIpc) is 2.65. The van der Waals surface area contributed by atoms with Gasteiger partial charge in [-0.3, -0.25) is 9.59 Å². The molecule has 0 aliphatic heterocycles. The second-order valence-corrected chi connectivity index (χ2v) is 7.15. The van der Waals surface area contributed by atoms with Crippen molar-refractivity contribution in [2.45, 2.75) is 20.5 Å². The Labute approximate surface area is 163 Å². The number of carbonyl (C=O) groups is 2. The summed E-state index contributed by atoms with van der Waals surface area (Å²) in [7, 11) is 1.50. The van der Waals surface area contributed by atoms with Crippen molar-refractivity contribution in [1.29, 1.82) is 0 Å². The molecule has 0 atom stereocenters. The molecule has 0 bridgehead atoms. The molecule has 0 aliphatic carbocycles. The van der Waals surface area contributed by atoms with Gasteiger partial charge in [0.15, 0.2) is 11.5 Å². The third kappa shape index (κ3) is 5.62. The van der Waals surface area contributed by atoms with Gasteiger partial charge in [-0.25, -0.2) is 0 Å². The molecule has 27 heavy (non-hydrogen) atoms. The Balaban J connectivity index is 2.05. The number of benzene rings is 2.